The lowest BCUT2D eigenvalue weighted by molar-refractivity contribution is -0.231. The standard InChI is InChI=1S/C26H28F5N5O2/c1-16(18-11-19(26(29,30)31)13-21(28)12-18)38-25-24(17-3-5-20(27)6-4-17)36(9-10-37-25)15-23-22(32-34-33-23)14-35-7-2-8-35/h3-6,11-13,16,24-25H,2,7-10,14-15H2,1H3,(H,32,33,34). The van der Waals surface area contributed by atoms with Crippen LogP contribution in [-0.2, 0) is 28.7 Å². The van der Waals surface area contributed by atoms with E-state index in [0.717, 1.165) is 43.0 Å². The maximum Gasteiger partial charge on any atom is 0.416 e. The first-order valence-corrected chi connectivity index (χ1v) is 12.4. The third-order valence-corrected chi connectivity index (χ3v) is 6.96. The van der Waals surface area contributed by atoms with Crippen LogP contribution in [0.4, 0.5) is 22.0 Å². The maximum atomic E-state index is 14.1. The fourth-order valence-corrected chi connectivity index (χ4v) is 4.77. The average molecular weight is 538 g/mol. The molecule has 0 aliphatic carbocycles. The first-order chi connectivity index (χ1) is 18.2. The van der Waals surface area contributed by atoms with Gasteiger partial charge in [-0.2, -0.15) is 28.6 Å². The fourth-order valence-electron chi connectivity index (χ4n) is 4.77. The van der Waals surface area contributed by atoms with Gasteiger partial charge in [0, 0.05) is 19.6 Å². The molecule has 3 heterocycles. The smallest absolute Gasteiger partial charge is 0.349 e. The van der Waals surface area contributed by atoms with E-state index in [2.05, 4.69) is 25.2 Å². The Kier molecular flexibility index (Phi) is 7.75. The summed E-state index contributed by atoms with van der Waals surface area (Å²) in [6, 6.07) is 7.71. The van der Waals surface area contributed by atoms with Crippen molar-refractivity contribution in [1.29, 1.82) is 0 Å². The van der Waals surface area contributed by atoms with E-state index in [4.69, 9.17) is 9.47 Å². The van der Waals surface area contributed by atoms with Gasteiger partial charge in [-0.15, -0.1) is 0 Å². The Morgan fingerprint density at radius 3 is 2.37 bits per heavy atom. The molecule has 3 aromatic rings. The Bertz CT molecular complexity index is 1230. The van der Waals surface area contributed by atoms with Crippen molar-refractivity contribution in [3.8, 4) is 0 Å². The molecular weight excluding hydrogens is 509 g/mol. The van der Waals surface area contributed by atoms with Crippen LogP contribution in [0, 0.1) is 11.6 Å². The number of benzene rings is 2. The van der Waals surface area contributed by atoms with Crippen molar-refractivity contribution in [2.45, 2.75) is 51.0 Å². The second-order valence-corrected chi connectivity index (χ2v) is 9.60. The van der Waals surface area contributed by atoms with Crippen molar-refractivity contribution < 1.29 is 31.4 Å². The van der Waals surface area contributed by atoms with Crippen molar-refractivity contribution in [3.05, 3.63) is 82.2 Å². The molecular formula is C26H28F5N5O2. The maximum absolute atomic E-state index is 14.1. The molecule has 2 aromatic carbocycles. The van der Waals surface area contributed by atoms with Gasteiger partial charge in [0.15, 0.2) is 6.29 Å². The molecule has 5 rings (SSSR count). The monoisotopic (exact) mass is 537 g/mol. The van der Waals surface area contributed by atoms with Gasteiger partial charge < -0.3 is 9.47 Å². The number of rotatable bonds is 8. The van der Waals surface area contributed by atoms with Crippen LogP contribution in [0.1, 0.15) is 53.6 Å². The third kappa shape index (κ3) is 6.04. The van der Waals surface area contributed by atoms with Gasteiger partial charge >= 0.3 is 6.18 Å². The highest BCUT2D eigenvalue weighted by atomic mass is 19.4. The highest BCUT2D eigenvalue weighted by Crippen LogP contribution is 2.37. The summed E-state index contributed by atoms with van der Waals surface area (Å²) in [6.07, 6.45) is -5.39. The van der Waals surface area contributed by atoms with Gasteiger partial charge in [-0.1, -0.05) is 12.1 Å². The molecule has 3 unspecified atom stereocenters. The number of hydrogen-bond acceptors (Lipinski definition) is 6. The summed E-state index contributed by atoms with van der Waals surface area (Å²) in [7, 11) is 0. The number of aromatic amines is 1. The van der Waals surface area contributed by atoms with Gasteiger partial charge in [-0.3, -0.25) is 9.80 Å². The van der Waals surface area contributed by atoms with E-state index in [9.17, 15) is 22.0 Å². The molecule has 2 aliphatic heterocycles. The molecule has 1 aromatic heterocycles. The molecule has 2 aliphatic rings. The van der Waals surface area contributed by atoms with Crippen LogP contribution in [0.5, 0.6) is 0 Å². The van der Waals surface area contributed by atoms with Gasteiger partial charge in [0.05, 0.1) is 24.3 Å². The lowest BCUT2D eigenvalue weighted by Crippen LogP contribution is -2.46. The van der Waals surface area contributed by atoms with Crippen LogP contribution in [-0.4, -0.2) is 57.7 Å². The molecule has 0 radical (unpaired) electrons. The summed E-state index contributed by atoms with van der Waals surface area (Å²) in [5.41, 5.74) is 1.23. The number of H-pyrrole nitrogens is 1. The number of ether oxygens (including phenoxy) is 2. The number of alkyl halides is 3. The van der Waals surface area contributed by atoms with Gasteiger partial charge in [-0.05, 0) is 67.9 Å². The molecule has 204 valence electrons. The predicted molar refractivity (Wildman–Crippen MR) is 126 cm³/mol. The minimum Gasteiger partial charge on any atom is -0.349 e. The summed E-state index contributed by atoms with van der Waals surface area (Å²) < 4.78 is 79.7. The number of nitrogens with zero attached hydrogens (tertiary/aromatic N) is 4. The molecule has 7 nitrogen and oxygen atoms in total. The molecule has 0 saturated carbocycles. The quantitative estimate of drug-likeness (QED) is 0.409. The highest BCUT2D eigenvalue weighted by Gasteiger charge is 2.37. The Balaban J connectivity index is 1.40. The van der Waals surface area contributed by atoms with E-state index in [1.54, 1.807) is 19.1 Å². The van der Waals surface area contributed by atoms with E-state index in [1.807, 2.05) is 0 Å². The highest BCUT2D eigenvalue weighted by molar-refractivity contribution is 5.28. The summed E-state index contributed by atoms with van der Waals surface area (Å²) in [5.74, 6) is -1.41. The third-order valence-electron chi connectivity index (χ3n) is 6.96. The van der Waals surface area contributed by atoms with Gasteiger partial charge in [0.25, 0.3) is 0 Å². The van der Waals surface area contributed by atoms with E-state index < -0.39 is 41.8 Å². The van der Waals surface area contributed by atoms with E-state index in [1.165, 1.54) is 12.1 Å². The molecule has 38 heavy (non-hydrogen) atoms. The topological polar surface area (TPSA) is 66.5 Å². The first-order valence-electron chi connectivity index (χ1n) is 12.4. The molecule has 0 spiro atoms. The minimum absolute atomic E-state index is 0.0317. The van der Waals surface area contributed by atoms with E-state index >= 15 is 0 Å². The molecule has 0 amide bonds. The number of nitrogens with one attached hydrogen (secondary N) is 1. The lowest BCUT2D eigenvalue weighted by atomic mass is 10.0. The van der Waals surface area contributed by atoms with Crippen LogP contribution >= 0.6 is 0 Å². The lowest BCUT2D eigenvalue weighted by Gasteiger charge is -2.42. The molecule has 3 atom stereocenters. The minimum atomic E-state index is -4.70. The van der Waals surface area contributed by atoms with Crippen LogP contribution < -0.4 is 0 Å². The summed E-state index contributed by atoms with van der Waals surface area (Å²) in [6.45, 7) is 5.42. The second-order valence-electron chi connectivity index (χ2n) is 9.60. The number of aromatic nitrogens is 3. The van der Waals surface area contributed by atoms with E-state index in [-0.39, 0.29) is 12.2 Å². The average Bonchev–Trinajstić information content (AvgIpc) is 3.28. The zero-order valence-electron chi connectivity index (χ0n) is 20.7. The first kappa shape index (κ1) is 26.7. The SMILES string of the molecule is CC(OC1OCCN(Cc2n[nH]nc2CN2CCC2)C1c1ccc(F)cc1)c1cc(F)cc(C(F)(F)F)c1. The number of hydrogen-bond donors (Lipinski definition) is 1. The van der Waals surface area contributed by atoms with Crippen LogP contribution in [0.3, 0.4) is 0 Å². The largest absolute Gasteiger partial charge is 0.416 e. The summed E-state index contributed by atoms with van der Waals surface area (Å²) in [4.78, 5) is 4.33. The van der Waals surface area contributed by atoms with Gasteiger partial charge in [0.2, 0.25) is 0 Å². The Hall–Kier alpha value is -2.93. The fraction of sp³-hybridized carbons (Fsp3) is 0.462. The van der Waals surface area contributed by atoms with Crippen molar-refractivity contribution >= 4 is 0 Å². The zero-order chi connectivity index (χ0) is 26.9. The summed E-state index contributed by atoms with van der Waals surface area (Å²) >= 11 is 0. The van der Waals surface area contributed by atoms with Crippen LogP contribution in [0.15, 0.2) is 42.5 Å². The second kappa shape index (κ2) is 11.0. The summed E-state index contributed by atoms with van der Waals surface area (Å²) in [5, 5.41) is 11.4. The van der Waals surface area contributed by atoms with Gasteiger partial charge in [-0.25, -0.2) is 8.78 Å². The predicted octanol–water partition coefficient (Wildman–Crippen LogP) is 4.98. The molecule has 2 fully saturated rings. The Morgan fingerprint density at radius 2 is 1.71 bits per heavy atom. The van der Waals surface area contributed by atoms with Crippen LogP contribution in [0.25, 0.3) is 0 Å². The number of morpholine rings is 1. The van der Waals surface area contributed by atoms with Crippen molar-refractivity contribution in [3.63, 3.8) is 0 Å². The normalized spacial score (nSPS) is 21.8. The molecule has 12 heteroatoms. The Labute approximate surface area is 216 Å². The number of halogens is 5. The number of likely N-dealkylation sites (tertiary alicyclic amines) is 1. The Morgan fingerprint density at radius 1 is 1.00 bits per heavy atom. The van der Waals surface area contributed by atoms with Crippen molar-refractivity contribution in [1.82, 2.24) is 25.2 Å². The van der Waals surface area contributed by atoms with Crippen LogP contribution in [0.2, 0.25) is 0 Å². The molecule has 1 N–H and O–H groups in total. The van der Waals surface area contributed by atoms with Gasteiger partial charge in [0.1, 0.15) is 23.0 Å². The molecule has 0 bridgehead atoms. The zero-order valence-corrected chi connectivity index (χ0v) is 20.7. The molecule has 2 saturated heterocycles. The van der Waals surface area contributed by atoms with Crippen molar-refractivity contribution in [2.75, 3.05) is 26.2 Å². The van der Waals surface area contributed by atoms with Crippen molar-refractivity contribution in [2.24, 2.45) is 0 Å². The van der Waals surface area contributed by atoms with E-state index in [0.29, 0.717) is 31.3 Å².